The highest BCUT2D eigenvalue weighted by molar-refractivity contribution is 9.11. The Bertz CT molecular complexity index is 400. The second kappa shape index (κ2) is 4.58. The van der Waals surface area contributed by atoms with Crippen molar-refractivity contribution in [1.29, 1.82) is 5.26 Å². The number of nitriles is 1. The number of nitrogens with zero attached hydrogens (tertiary/aromatic N) is 1. The van der Waals surface area contributed by atoms with Gasteiger partial charge in [-0.1, -0.05) is 0 Å². The van der Waals surface area contributed by atoms with Gasteiger partial charge in [0.1, 0.15) is 6.07 Å². The fourth-order valence-electron chi connectivity index (χ4n) is 0.916. The smallest absolute Gasteiger partial charge is 0.337 e. The van der Waals surface area contributed by atoms with Crippen molar-refractivity contribution in [2.45, 2.75) is 0 Å². The zero-order valence-corrected chi connectivity index (χ0v) is 10.3. The zero-order valence-electron chi connectivity index (χ0n) is 7.17. The first-order valence-electron chi connectivity index (χ1n) is 3.57. The lowest BCUT2D eigenvalue weighted by molar-refractivity contribution is 0.0600. The van der Waals surface area contributed by atoms with Gasteiger partial charge in [0.2, 0.25) is 0 Å². The van der Waals surface area contributed by atoms with E-state index in [2.05, 4.69) is 36.6 Å². The van der Waals surface area contributed by atoms with Crippen LogP contribution in [-0.4, -0.2) is 13.1 Å². The molecule has 0 heterocycles. The van der Waals surface area contributed by atoms with Gasteiger partial charge in [-0.3, -0.25) is 0 Å². The van der Waals surface area contributed by atoms with Crippen molar-refractivity contribution in [1.82, 2.24) is 0 Å². The maximum atomic E-state index is 11.2. The van der Waals surface area contributed by atoms with E-state index < -0.39 is 5.97 Å². The van der Waals surface area contributed by atoms with Crippen molar-refractivity contribution in [2.24, 2.45) is 0 Å². The van der Waals surface area contributed by atoms with Crippen LogP contribution in [0.5, 0.6) is 0 Å². The molecular weight excluding hydrogens is 314 g/mol. The summed E-state index contributed by atoms with van der Waals surface area (Å²) >= 11 is 6.39. The van der Waals surface area contributed by atoms with Crippen LogP contribution in [0.15, 0.2) is 21.1 Å². The molecule has 0 fully saturated rings. The van der Waals surface area contributed by atoms with Gasteiger partial charge >= 0.3 is 5.97 Å². The lowest BCUT2D eigenvalue weighted by atomic mass is 10.1. The van der Waals surface area contributed by atoms with Gasteiger partial charge in [0.25, 0.3) is 0 Å². The van der Waals surface area contributed by atoms with Crippen LogP contribution in [0.1, 0.15) is 15.9 Å². The number of ether oxygens (including phenoxy) is 1. The quantitative estimate of drug-likeness (QED) is 0.748. The second-order valence-electron chi connectivity index (χ2n) is 2.42. The van der Waals surface area contributed by atoms with Gasteiger partial charge in [-0.2, -0.15) is 5.26 Å². The molecule has 0 aliphatic rings. The number of methoxy groups -OCH3 is 1. The molecule has 0 unspecified atom stereocenters. The minimum Gasteiger partial charge on any atom is -0.465 e. The third kappa shape index (κ3) is 2.14. The number of hydrogen-bond donors (Lipinski definition) is 0. The van der Waals surface area contributed by atoms with E-state index in [1.165, 1.54) is 7.11 Å². The largest absolute Gasteiger partial charge is 0.465 e. The molecule has 0 aliphatic heterocycles. The average molecular weight is 319 g/mol. The molecule has 1 aromatic carbocycles. The van der Waals surface area contributed by atoms with Gasteiger partial charge < -0.3 is 4.74 Å². The van der Waals surface area contributed by atoms with Crippen molar-refractivity contribution < 1.29 is 9.53 Å². The summed E-state index contributed by atoms with van der Waals surface area (Å²) in [6.07, 6.45) is 0. The monoisotopic (exact) mass is 317 g/mol. The van der Waals surface area contributed by atoms with E-state index in [1.54, 1.807) is 12.1 Å². The van der Waals surface area contributed by atoms with Gasteiger partial charge in [-0.05, 0) is 44.0 Å². The third-order valence-electron chi connectivity index (χ3n) is 1.58. The maximum Gasteiger partial charge on any atom is 0.337 e. The molecule has 0 aromatic heterocycles. The molecular formula is C9H5Br2NO2. The van der Waals surface area contributed by atoms with Gasteiger partial charge in [0.05, 0.1) is 18.2 Å². The maximum absolute atomic E-state index is 11.2. The van der Waals surface area contributed by atoms with Crippen LogP contribution < -0.4 is 0 Å². The highest BCUT2D eigenvalue weighted by atomic mass is 79.9. The fraction of sp³-hybridized carbons (Fsp3) is 0.111. The number of hydrogen-bond acceptors (Lipinski definition) is 3. The molecule has 0 spiro atoms. The molecule has 1 aromatic rings. The minimum absolute atomic E-state index is 0.394. The molecule has 0 bridgehead atoms. The SMILES string of the molecule is COC(=O)c1cc(Br)c(C#N)c(Br)c1. The van der Waals surface area contributed by atoms with Crippen LogP contribution in [0.2, 0.25) is 0 Å². The summed E-state index contributed by atoms with van der Waals surface area (Å²) in [6, 6.07) is 5.10. The Kier molecular flexibility index (Phi) is 3.67. The van der Waals surface area contributed by atoms with Gasteiger partial charge in [-0.15, -0.1) is 0 Å². The number of halogens is 2. The lowest BCUT2D eigenvalue weighted by Crippen LogP contribution is -2.01. The number of rotatable bonds is 1. The van der Waals surface area contributed by atoms with Crippen LogP contribution in [0.4, 0.5) is 0 Å². The van der Waals surface area contributed by atoms with E-state index >= 15 is 0 Å². The van der Waals surface area contributed by atoms with Crippen molar-refractivity contribution in [3.05, 3.63) is 32.2 Å². The molecule has 0 aliphatic carbocycles. The topological polar surface area (TPSA) is 50.1 Å². The molecule has 0 N–H and O–H groups in total. The molecule has 72 valence electrons. The normalized spacial score (nSPS) is 9.29. The summed E-state index contributed by atoms with van der Waals surface area (Å²) < 4.78 is 5.69. The second-order valence-corrected chi connectivity index (χ2v) is 4.13. The summed E-state index contributed by atoms with van der Waals surface area (Å²) in [4.78, 5) is 11.2. The van der Waals surface area contributed by atoms with E-state index in [0.29, 0.717) is 20.1 Å². The summed E-state index contributed by atoms with van der Waals surface area (Å²) in [5, 5.41) is 8.76. The average Bonchev–Trinajstić information content (AvgIpc) is 2.16. The molecule has 14 heavy (non-hydrogen) atoms. The first-order valence-corrected chi connectivity index (χ1v) is 5.16. The number of benzene rings is 1. The first-order chi connectivity index (χ1) is 6.60. The van der Waals surface area contributed by atoms with E-state index in [1.807, 2.05) is 6.07 Å². The molecule has 3 nitrogen and oxygen atoms in total. The molecule has 0 atom stereocenters. The van der Waals surface area contributed by atoms with Crippen molar-refractivity contribution >= 4 is 37.8 Å². The first kappa shape index (κ1) is 11.2. The molecule has 0 radical (unpaired) electrons. The minimum atomic E-state index is -0.434. The van der Waals surface area contributed by atoms with Crippen molar-refractivity contribution in [3.63, 3.8) is 0 Å². The number of carbonyl (C=O) groups excluding carboxylic acids is 1. The summed E-state index contributed by atoms with van der Waals surface area (Å²) in [6.45, 7) is 0. The van der Waals surface area contributed by atoms with Crippen LogP contribution in [0.25, 0.3) is 0 Å². The Hall–Kier alpha value is -0.860. The summed E-state index contributed by atoms with van der Waals surface area (Å²) in [5.41, 5.74) is 0.850. The highest BCUT2D eigenvalue weighted by Crippen LogP contribution is 2.26. The summed E-state index contributed by atoms with van der Waals surface area (Å²) in [5.74, 6) is -0.434. The van der Waals surface area contributed by atoms with Crippen LogP contribution in [-0.2, 0) is 4.74 Å². The lowest BCUT2D eigenvalue weighted by Gasteiger charge is -2.03. The Morgan fingerprint density at radius 1 is 1.43 bits per heavy atom. The Morgan fingerprint density at radius 3 is 2.29 bits per heavy atom. The van der Waals surface area contributed by atoms with E-state index in [-0.39, 0.29) is 0 Å². The standard InChI is InChI=1S/C9H5Br2NO2/c1-14-9(13)5-2-7(10)6(4-12)8(11)3-5/h2-3H,1H3. The zero-order chi connectivity index (χ0) is 10.7. The number of esters is 1. The van der Waals surface area contributed by atoms with Crippen molar-refractivity contribution in [3.8, 4) is 6.07 Å². The van der Waals surface area contributed by atoms with E-state index in [9.17, 15) is 4.79 Å². The Balaban J connectivity index is 3.29. The molecule has 0 saturated heterocycles. The molecule has 5 heteroatoms. The molecule has 0 amide bonds. The predicted octanol–water partition coefficient (Wildman–Crippen LogP) is 2.87. The predicted molar refractivity (Wildman–Crippen MR) is 57.9 cm³/mol. The van der Waals surface area contributed by atoms with E-state index in [4.69, 9.17) is 5.26 Å². The van der Waals surface area contributed by atoms with Gasteiger partial charge in [0.15, 0.2) is 0 Å². The molecule has 0 saturated carbocycles. The van der Waals surface area contributed by atoms with Gasteiger partial charge in [-0.25, -0.2) is 4.79 Å². The van der Waals surface area contributed by atoms with Crippen LogP contribution in [0.3, 0.4) is 0 Å². The van der Waals surface area contributed by atoms with Crippen molar-refractivity contribution in [2.75, 3.05) is 7.11 Å². The third-order valence-corrected chi connectivity index (χ3v) is 2.83. The Morgan fingerprint density at radius 2 is 1.93 bits per heavy atom. The summed E-state index contributed by atoms with van der Waals surface area (Å²) in [7, 11) is 1.31. The van der Waals surface area contributed by atoms with E-state index in [0.717, 1.165) is 0 Å². The van der Waals surface area contributed by atoms with Gasteiger partial charge in [0, 0.05) is 8.95 Å². The molecule has 1 rings (SSSR count). The Labute approximate surface area is 97.9 Å². The fourth-order valence-corrected chi connectivity index (χ4v) is 2.28. The number of carbonyl (C=O) groups is 1. The van der Waals surface area contributed by atoms with Crippen LogP contribution in [0, 0.1) is 11.3 Å². The van der Waals surface area contributed by atoms with Crippen LogP contribution >= 0.6 is 31.9 Å². The highest BCUT2D eigenvalue weighted by Gasteiger charge is 2.11.